The lowest BCUT2D eigenvalue weighted by Crippen LogP contribution is -2.23. The molecule has 1 unspecified atom stereocenters. The van der Waals surface area contributed by atoms with E-state index in [4.69, 9.17) is 9.47 Å². The van der Waals surface area contributed by atoms with E-state index in [9.17, 15) is 0 Å². The third-order valence-electron chi connectivity index (χ3n) is 5.82. The van der Waals surface area contributed by atoms with Crippen molar-refractivity contribution in [3.8, 4) is 0 Å². The van der Waals surface area contributed by atoms with E-state index in [0.717, 1.165) is 44.2 Å². The molecule has 0 aliphatic rings. The first-order valence-corrected chi connectivity index (χ1v) is 16.4. The van der Waals surface area contributed by atoms with E-state index in [-0.39, 0.29) is 6.10 Å². The molecule has 0 saturated heterocycles. The first kappa shape index (κ1) is 31.6. The molecule has 1 aromatic heterocycles. The molecule has 0 fully saturated rings. The molecule has 0 amide bonds. The summed E-state index contributed by atoms with van der Waals surface area (Å²) >= 11 is 0. The van der Waals surface area contributed by atoms with Crippen molar-refractivity contribution >= 4 is 21.6 Å². The maximum absolute atomic E-state index is 6.23. The minimum absolute atomic E-state index is 0.189. The van der Waals surface area contributed by atoms with Crippen LogP contribution in [0, 0.1) is 0 Å². The van der Waals surface area contributed by atoms with Gasteiger partial charge >= 0.3 is 0 Å². The zero-order valence-electron chi connectivity index (χ0n) is 22.1. The highest BCUT2D eigenvalue weighted by Crippen LogP contribution is 2.26. The van der Waals surface area contributed by atoms with E-state index in [1.807, 2.05) is 27.8 Å². The third kappa shape index (κ3) is 20.9. The fraction of sp³-hybridized carbons (Fsp3) is 0.821. The van der Waals surface area contributed by atoms with E-state index in [0.29, 0.717) is 0 Å². The second kappa shape index (κ2) is 25.7. The Balaban J connectivity index is 2.09. The summed E-state index contributed by atoms with van der Waals surface area (Å²) in [6.45, 7) is 6.92. The maximum Gasteiger partial charge on any atom is 0.0921 e. The van der Waals surface area contributed by atoms with Gasteiger partial charge in [0, 0.05) is 36.6 Å². The number of hydrogen-bond donors (Lipinski definition) is 1. The Morgan fingerprint density at radius 1 is 0.853 bits per heavy atom. The molecular weight excluding hydrogens is 460 g/mol. The number of allylic oxidation sites excluding steroid dienone is 2. The van der Waals surface area contributed by atoms with Crippen LogP contribution in [0.25, 0.3) is 0 Å². The quantitative estimate of drug-likeness (QED) is 0.0761. The molecule has 198 valence electrons. The Labute approximate surface area is 218 Å². The molecule has 1 N–H and O–H groups in total. The van der Waals surface area contributed by atoms with Gasteiger partial charge in [-0.05, 0) is 32.1 Å². The Morgan fingerprint density at radius 3 is 2.26 bits per heavy atom. The summed E-state index contributed by atoms with van der Waals surface area (Å²) < 4.78 is 12.2. The molecule has 1 rings (SSSR count). The van der Waals surface area contributed by atoms with Crippen LogP contribution in [0.1, 0.15) is 116 Å². The van der Waals surface area contributed by atoms with E-state index in [1.165, 1.54) is 89.2 Å². The molecule has 0 radical (unpaired) electrons. The van der Waals surface area contributed by atoms with Gasteiger partial charge in [-0.3, -0.25) is 0 Å². The van der Waals surface area contributed by atoms with Crippen LogP contribution in [0.4, 0.5) is 0 Å². The zero-order valence-corrected chi connectivity index (χ0v) is 23.7. The second-order valence-electron chi connectivity index (χ2n) is 9.10. The Hall–Kier alpha value is -0.430. The van der Waals surface area contributed by atoms with Crippen molar-refractivity contribution in [3.63, 3.8) is 0 Å². The summed E-state index contributed by atoms with van der Waals surface area (Å²) in [6, 6.07) is 0. The number of ether oxygens (including phenoxy) is 2. The van der Waals surface area contributed by atoms with Gasteiger partial charge in [0.25, 0.3) is 0 Å². The number of H-pyrrole nitrogens is 1. The van der Waals surface area contributed by atoms with Crippen LogP contribution in [-0.4, -0.2) is 41.6 Å². The van der Waals surface area contributed by atoms with E-state index < -0.39 is 0 Å². The molecule has 1 heterocycles. The van der Waals surface area contributed by atoms with E-state index >= 15 is 0 Å². The molecule has 0 aliphatic heterocycles. The number of aromatic nitrogens is 2. The normalized spacial score (nSPS) is 12.6. The van der Waals surface area contributed by atoms with Crippen LogP contribution in [-0.2, 0) is 15.2 Å². The highest BCUT2D eigenvalue weighted by atomic mass is 33.1. The van der Waals surface area contributed by atoms with Gasteiger partial charge in [0.1, 0.15) is 0 Å². The molecule has 0 bridgehead atoms. The lowest BCUT2D eigenvalue weighted by Gasteiger charge is -2.18. The molecular formula is C28H52N2O2S2. The van der Waals surface area contributed by atoms with Crippen molar-refractivity contribution in [3.05, 3.63) is 30.4 Å². The van der Waals surface area contributed by atoms with Crippen LogP contribution in [0.2, 0.25) is 0 Å². The van der Waals surface area contributed by atoms with Crippen molar-refractivity contribution in [2.45, 2.75) is 122 Å². The summed E-state index contributed by atoms with van der Waals surface area (Å²) in [5.41, 5.74) is 1.17. The number of unbranched alkanes of at least 4 members (excludes halogenated alkanes) is 12. The largest absolute Gasteiger partial charge is 0.379 e. The monoisotopic (exact) mass is 512 g/mol. The third-order valence-corrected chi connectivity index (χ3v) is 8.19. The molecule has 0 spiro atoms. The van der Waals surface area contributed by atoms with Gasteiger partial charge < -0.3 is 14.5 Å². The molecule has 1 aromatic rings. The topological polar surface area (TPSA) is 47.1 Å². The van der Waals surface area contributed by atoms with Gasteiger partial charge in [-0.25, -0.2) is 4.98 Å². The van der Waals surface area contributed by atoms with Gasteiger partial charge in [-0.15, -0.1) is 0 Å². The summed E-state index contributed by atoms with van der Waals surface area (Å²) in [4.78, 5) is 7.25. The molecule has 0 saturated carbocycles. The van der Waals surface area contributed by atoms with Crippen molar-refractivity contribution in [2.24, 2.45) is 0 Å². The standard InChI is InChI=1S/C28H52N2O2S2/c1-3-5-7-9-11-12-13-15-17-19-21-32-28(25-34-33-24-27-22-29-26-30-27)23-31-20-18-16-14-10-8-6-4-2/h5,7,22,26,28H,3-4,6,8-21,23-25H2,1-2H3,(H,29,30)/b7-5-. The van der Waals surface area contributed by atoms with Crippen LogP contribution < -0.4 is 0 Å². The van der Waals surface area contributed by atoms with Crippen LogP contribution >= 0.6 is 21.6 Å². The average Bonchev–Trinajstić information content (AvgIpc) is 3.37. The number of nitrogens with zero attached hydrogens (tertiary/aromatic N) is 1. The van der Waals surface area contributed by atoms with Crippen LogP contribution in [0.5, 0.6) is 0 Å². The smallest absolute Gasteiger partial charge is 0.0921 e. The number of hydrogen-bond acceptors (Lipinski definition) is 5. The molecule has 0 aliphatic carbocycles. The van der Waals surface area contributed by atoms with Gasteiger partial charge in [0.15, 0.2) is 0 Å². The number of nitrogens with one attached hydrogen (secondary N) is 1. The SMILES string of the molecule is CC/C=C\CCCCCCCCOC(COCCCCCCCCC)CSSCc1cnc[nH]1. The molecule has 4 nitrogen and oxygen atoms in total. The summed E-state index contributed by atoms with van der Waals surface area (Å²) in [5, 5.41) is 0. The Morgan fingerprint density at radius 2 is 1.56 bits per heavy atom. The first-order valence-electron chi connectivity index (χ1n) is 13.9. The van der Waals surface area contributed by atoms with Crippen molar-refractivity contribution in [1.29, 1.82) is 0 Å². The van der Waals surface area contributed by atoms with E-state index in [2.05, 4.69) is 36.0 Å². The molecule has 0 aromatic carbocycles. The lowest BCUT2D eigenvalue weighted by atomic mass is 10.1. The van der Waals surface area contributed by atoms with Crippen molar-refractivity contribution in [1.82, 2.24) is 9.97 Å². The second-order valence-corrected chi connectivity index (χ2v) is 11.6. The minimum atomic E-state index is 0.189. The maximum atomic E-state index is 6.23. The van der Waals surface area contributed by atoms with Crippen LogP contribution in [0.15, 0.2) is 24.7 Å². The van der Waals surface area contributed by atoms with Crippen molar-refractivity contribution in [2.75, 3.05) is 25.6 Å². The molecule has 1 atom stereocenters. The molecule has 34 heavy (non-hydrogen) atoms. The number of aromatic amines is 1. The van der Waals surface area contributed by atoms with Gasteiger partial charge in [0.2, 0.25) is 0 Å². The fourth-order valence-electron chi connectivity index (χ4n) is 3.72. The summed E-state index contributed by atoms with van der Waals surface area (Å²) in [7, 11) is 3.74. The van der Waals surface area contributed by atoms with Crippen LogP contribution in [0.3, 0.4) is 0 Å². The highest BCUT2D eigenvalue weighted by Gasteiger charge is 2.10. The van der Waals surface area contributed by atoms with E-state index in [1.54, 1.807) is 6.33 Å². The Kier molecular flexibility index (Phi) is 23.8. The summed E-state index contributed by atoms with van der Waals surface area (Å²) in [5.74, 6) is 1.92. The summed E-state index contributed by atoms with van der Waals surface area (Å²) in [6.07, 6.45) is 27.9. The fourth-order valence-corrected chi connectivity index (χ4v) is 5.90. The minimum Gasteiger partial charge on any atom is -0.379 e. The van der Waals surface area contributed by atoms with Crippen molar-refractivity contribution < 1.29 is 9.47 Å². The van der Waals surface area contributed by atoms with Gasteiger partial charge in [-0.2, -0.15) is 0 Å². The average molecular weight is 513 g/mol. The predicted octanol–water partition coefficient (Wildman–Crippen LogP) is 9.14. The highest BCUT2D eigenvalue weighted by molar-refractivity contribution is 8.76. The van der Waals surface area contributed by atoms with Gasteiger partial charge in [-0.1, -0.05) is 112 Å². The predicted molar refractivity (Wildman–Crippen MR) is 153 cm³/mol. The molecule has 6 heteroatoms. The Bertz CT molecular complexity index is 541. The van der Waals surface area contributed by atoms with Gasteiger partial charge in [0.05, 0.1) is 19.0 Å². The number of rotatable bonds is 26. The first-order chi connectivity index (χ1) is 16.9. The lowest BCUT2D eigenvalue weighted by molar-refractivity contribution is -0.00609. The number of imidazole rings is 1. The zero-order chi connectivity index (χ0) is 24.4.